The SMILES string of the molecule is O=c1[nH]cc(Nc2ccccc2F)cc1-c1cccc2[nH]ccc12. The summed E-state index contributed by atoms with van der Waals surface area (Å²) in [6.45, 7) is 0. The summed E-state index contributed by atoms with van der Waals surface area (Å²) in [5.74, 6) is -0.349. The third kappa shape index (κ3) is 2.46. The van der Waals surface area contributed by atoms with Gasteiger partial charge in [0.15, 0.2) is 0 Å². The van der Waals surface area contributed by atoms with Crippen molar-refractivity contribution in [1.82, 2.24) is 9.97 Å². The second-order valence-corrected chi connectivity index (χ2v) is 5.48. The number of H-pyrrole nitrogens is 2. The van der Waals surface area contributed by atoms with Gasteiger partial charge in [0.2, 0.25) is 0 Å². The van der Waals surface area contributed by atoms with Crippen molar-refractivity contribution in [3.8, 4) is 11.1 Å². The van der Waals surface area contributed by atoms with E-state index in [1.807, 2.05) is 30.5 Å². The quantitative estimate of drug-likeness (QED) is 0.524. The summed E-state index contributed by atoms with van der Waals surface area (Å²) in [4.78, 5) is 18.1. The van der Waals surface area contributed by atoms with Crippen LogP contribution in [-0.2, 0) is 0 Å². The van der Waals surface area contributed by atoms with Crippen LogP contribution in [-0.4, -0.2) is 9.97 Å². The number of halogens is 1. The Labute approximate surface area is 137 Å². The highest BCUT2D eigenvalue weighted by atomic mass is 19.1. The van der Waals surface area contributed by atoms with Crippen LogP contribution in [0.5, 0.6) is 0 Å². The van der Waals surface area contributed by atoms with Crippen molar-refractivity contribution in [2.75, 3.05) is 5.32 Å². The van der Waals surface area contributed by atoms with Gasteiger partial charge in [0, 0.05) is 28.9 Å². The first-order chi connectivity index (χ1) is 11.7. The van der Waals surface area contributed by atoms with Gasteiger partial charge in [-0.25, -0.2) is 4.39 Å². The molecule has 0 fully saturated rings. The number of hydrogen-bond acceptors (Lipinski definition) is 2. The lowest BCUT2D eigenvalue weighted by Gasteiger charge is -2.09. The molecule has 0 aliphatic rings. The van der Waals surface area contributed by atoms with Crippen molar-refractivity contribution in [3.05, 3.63) is 83.2 Å². The third-order valence-electron chi connectivity index (χ3n) is 3.94. The first kappa shape index (κ1) is 14.3. The third-order valence-corrected chi connectivity index (χ3v) is 3.94. The van der Waals surface area contributed by atoms with E-state index in [9.17, 15) is 9.18 Å². The van der Waals surface area contributed by atoms with Crippen LogP contribution in [0.1, 0.15) is 0 Å². The summed E-state index contributed by atoms with van der Waals surface area (Å²) in [6.07, 6.45) is 3.37. The molecule has 4 nitrogen and oxygen atoms in total. The monoisotopic (exact) mass is 319 g/mol. The van der Waals surface area contributed by atoms with Gasteiger partial charge in [0.25, 0.3) is 5.56 Å². The van der Waals surface area contributed by atoms with E-state index in [0.29, 0.717) is 16.9 Å². The smallest absolute Gasteiger partial charge is 0.255 e. The fourth-order valence-electron chi connectivity index (χ4n) is 2.79. The molecule has 0 atom stereocenters. The maximum absolute atomic E-state index is 13.8. The summed E-state index contributed by atoms with van der Waals surface area (Å²) < 4.78 is 13.8. The molecule has 0 spiro atoms. The Morgan fingerprint density at radius 3 is 2.67 bits per heavy atom. The van der Waals surface area contributed by atoms with Crippen molar-refractivity contribution >= 4 is 22.3 Å². The van der Waals surface area contributed by atoms with Crippen LogP contribution >= 0.6 is 0 Å². The van der Waals surface area contributed by atoms with Gasteiger partial charge in [-0.2, -0.15) is 0 Å². The Balaban J connectivity index is 1.81. The maximum Gasteiger partial charge on any atom is 0.255 e. The predicted molar refractivity (Wildman–Crippen MR) is 94.0 cm³/mol. The molecular weight excluding hydrogens is 305 g/mol. The van der Waals surface area contributed by atoms with Crippen LogP contribution in [0.4, 0.5) is 15.8 Å². The predicted octanol–water partition coefficient (Wildman–Crippen LogP) is 4.41. The largest absolute Gasteiger partial charge is 0.361 e. The fraction of sp³-hybridized carbons (Fsp3) is 0. The highest BCUT2D eigenvalue weighted by molar-refractivity contribution is 5.95. The Morgan fingerprint density at radius 1 is 0.917 bits per heavy atom. The molecule has 0 bridgehead atoms. The molecule has 4 aromatic rings. The van der Waals surface area contributed by atoms with Gasteiger partial charge in [-0.15, -0.1) is 0 Å². The van der Waals surface area contributed by atoms with Crippen LogP contribution in [0.3, 0.4) is 0 Å². The highest BCUT2D eigenvalue weighted by Gasteiger charge is 2.10. The molecule has 4 rings (SSSR count). The van der Waals surface area contributed by atoms with E-state index in [-0.39, 0.29) is 11.4 Å². The number of rotatable bonds is 3. The average Bonchev–Trinajstić information content (AvgIpc) is 3.07. The highest BCUT2D eigenvalue weighted by Crippen LogP contribution is 2.28. The number of nitrogens with one attached hydrogen (secondary N) is 3. The van der Waals surface area contributed by atoms with Gasteiger partial charge in [-0.1, -0.05) is 24.3 Å². The van der Waals surface area contributed by atoms with E-state index in [1.165, 1.54) is 12.3 Å². The summed E-state index contributed by atoms with van der Waals surface area (Å²) in [5.41, 5.74) is 3.09. The molecule has 2 aromatic heterocycles. The first-order valence-corrected chi connectivity index (χ1v) is 7.53. The number of pyridine rings is 1. The Kier molecular flexibility index (Phi) is 3.39. The fourth-order valence-corrected chi connectivity index (χ4v) is 2.79. The average molecular weight is 319 g/mol. The van der Waals surface area contributed by atoms with Crippen molar-refractivity contribution < 1.29 is 4.39 Å². The summed E-state index contributed by atoms with van der Waals surface area (Å²) in [7, 11) is 0. The number of fused-ring (bicyclic) bond motifs is 1. The molecule has 5 heteroatoms. The number of anilines is 2. The molecular formula is C19H14FN3O. The lowest BCUT2D eigenvalue weighted by atomic mass is 10.0. The second-order valence-electron chi connectivity index (χ2n) is 5.48. The number of hydrogen-bond donors (Lipinski definition) is 3. The van der Waals surface area contributed by atoms with Crippen LogP contribution in [0.15, 0.2) is 71.8 Å². The maximum atomic E-state index is 13.8. The van der Waals surface area contributed by atoms with Crippen LogP contribution in [0, 0.1) is 5.82 Å². The molecule has 24 heavy (non-hydrogen) atoms. The molecule has 0 saturated heterocycles. The zero-order valence-corrected chi connectivity index (χ0v) is 12.6. The standard InChI is InChI=1S/C19H14FN3O/c20-16-5-1-2-6-18(16)23-12-10-15(19(24)22-11-12)13-4-3-7-17-14(13)8-9-21-17/h1-11,21,23H,(H,22,24). The van der Waals surface area contributed by atoms with E-state index in [1.54, 1.807) is 24.3 Å². The van der Waals surface area contributed by atoms with Crippen LogP contribution in [0.2, 0.25) is 0 Å². The number of aromatic nitrogens is 2. The van der Waals surface area contributed by atoms with Gasteiger partial charge < -0.3 is 15.3 Å². The molecule has 0 aliphatic carbocycles. The molecule has 0 unspecified atom stereocenters. The Bertz CT molecular complexity index is 1080. The van der Waals surface area contributed by atoms with Gasteiger partial charge in [0.1, 0.15) is 5.82 Å². The zero-order chi connectivity index (χ0) is 16.5. The van der Waals surface area contributed by atoms with E-state index in [2.05, 4.69) is 15.3 Å². The van der Waals surface area contributed by atoms with E-state index >= 15 is 0 Å². The van der Waals surface area contributed by atoms with Gasteiger partial charge >= 0.3 is 0 Å². The summed E-state index contributed by atoms with van der Waals surface area (Å²) in [5, 5.41) is 3.96. The molecule has 0 saturated carbocycles. The van der Waals surface area contributed by atoms with E-state index in [4.69, 9.17) is 0 Å². The molecule has 0 radical (unpaired) electrons. The minimum Gasteiger partial charge on any atom is -0.361 e. The van der Waals surface area contributed by atoms with Gasteiger partial charge in [-0.3, -0.25) is 4.79 Å². The Morgan fingerprint density at radius 2 is 1.79 bits per heavy atom. The lowest BCUT2D eigenvalue weighted by molar-refractivity contribution is 0.632. The first-order valence-electron chi connectivity index (χ1n) is 7.53. The summed E-state index contributed by atoms with van der Waals surface area (Å²) >= 11 is 0. The minimum absolute atomic E-state index is 0.192. The topological polar surface area (TPSA) is 60.7 Å². The minimum atomic E-state index is -0.349. The molecule has 0 aliphatic heterocycles. The molecule has 2 heterocycles. The molecule has 118 valence electrons. The number of aromatic amines is 2. The van der Waals surface area contributed by atoms with Crippen LogP contribution < -0.4 is 10.9 Å². The van der Waals surface area contributed by atoms with Gasteiger partial charge in [0.05, 0.1) is 11.4 Å². The van der Waals surface area contributed by atoms with Gasteiger partial charge in [-0.05, 0) is 35.9 Å². The number of para-hydroxylation sites is 1. The van der Waals surface area contributed by atoms with Crippen molar-refractivity contribution in [2.24, 2.45) is 0 Å². The van der Waals surface area contributed by atoms with Crippen molar-refractivity contribution in [2.45, 2.75) is 0 Å². The normalized spacial score (nSPS) is 10.9. The zero-order valence-electron chi connectivity index (χ0n) is 12.6. The Hall–Kier alpha value is -3.34. The molecule has 0 amide bonds. The van der Waals surface area contributed by atoms with E-state index < -0.39 is 0 Å². The lowest BCUT2D eigenvalue weighted by Crippen LogP contribution is -2.09. The van der Waals surface area contributed by atoms with E-state index in [0.717, 1.165) is 16.5 Å². The number of benzene rings is 2. The second kappa shape index (κ2) is 5.70. The molecule has 2 aromatic carbocycles. The summed E-state index contributed by atoms with van der Waals surface area (Å²) in [6, 6.07) is 15.8. The molecule has 3 N–H and O–H groups in total. The van der Waals surface area contributed by atoms with Crippen LogP contribution in [0.25, 0.3) is 22.0 Å². The van der Waals surface area contributed by atoms with Crippen molar-refractivity contribution in [3.63, 3.8) is 0 Å². The van der Waals surface area contributed by atoms with Crippen molar-refractivity contribution in [1.29, 1.82) is 0 Å².